The summed E-state index contributed by atoms with van der Waals surface area (Å²) in [5, 5.41) is 12.1. The number of phenols is 1. The normalized spacial score (nSPS) is 12.6. The molecular weight excluding hydrogens is 806 g/mol. The summed E-state index contributed by atoms with van der Waals surface area (Å²) in [7, 11) is 0. The molecule has 0 bridgehead atoms. The van der Waals surface area contributed by atoms with Crippen molar-refractivity contribution in [1.82, 2.24) is 14.5 Å². The number of aromatic nitrogens is 3. The maximum absolute atomic E-state index is 12.1. The summed E-state index contributed by atoms with van der Waals surface area (Å²) in [6, 6.07) is 33.6. The van der Waals surface area contributed by atoms with Crippen molar-refractivity contribution in [2.24, 2.45) is 0 Å². The molecule has 0 aliphatic rings. The van der Waals surface area contributed by atoms with Crippen LogP contribution in [0.1, 0.15) is 105 Å². The molecule has 0 saturated heterocycles. The molecule has 5 heteroatoms. The molecule has 0 aliphatic heterocycles. The van der Waals surface area contributed by atoms with Gasteiger partial charge in [-0.3, -0.25) is 9.55 Å². The Balaban J connectivity index is 0.00000504. The summed E-state index contributed by atoms with van der Waals surface area (Å²) in [4.78, 5) is 10.2. The molecule has 4 nitrogen and oxygen atoms in total. The van der Waals surface area contributed by atoms with Crippen LogP contribution in [-0.4, -0.2) is 19.6 Å². The minimum atomic E-state index is -0.277. The fraction of sp³-hybridized carbons (Fsp3) is 0.348. The van der Waals surface area contributed by atoms with E-state index in [4.69, 9.17) is 4.98 Å². The molecule has 6 aromatic rings. The molecular formula is C46H52N3OPt-. The van der Waals surface area contributed by atoms with Gasteiger partial charge in [-0.15, -0.1) is 29.3 Å². The predicted molar refractivity (Wildman–Crippen MR) is 210 cm³/mol. The fourth-order valence-corrected chi connectivity index (χ4v) is 6.49. The second kappa shape index (κ2) is 13.5. The predicted octanol–water partition coefficient (Wildman–Crippen LogP) is 12.1. The molecule has 1 N–H and O–H groups in total. The average Bonchev–Trinajstić information content (AvgIpc) is 3.43. The molecule has 2 heterocycles. The number of benzene rings is 4. The molecule has 0 amide bonds. The SMILES string of the molecule is CC(C)(C)c1ccc(-n2c(-c3cc(C(C)(C)C)cc(C(C)(C)C)c3O)nc3c(-c4[c-]c(-c5ccccn5)cc(C(C)(C)C)c4)cccc32)cc1.[Pt]. The van der Waals surface area contributed by atoms with Crippen LogP contribution in [0.15, 0.2) is 91.1 Å². The van der Waals surface area contributed by atoms with Gasteiger partial charge in [-0.1, -0.05) is 137 Å². The van der Waals surface area contributed by atoms with Crippen molar-refractivity contribution in [3.05, 3.63) is 119 Å². The number of hydrogen-bond donors (Lipinski definition) is 1. The van der Waals surface area contributed by atoms with Gasteiger partial charge in [0.1, 0.15) is 11.6 Å². The minimum Gasteiger partial charge on any atom is -0.507 e. The van der Waals surface area contributed by atoms with Crippen molar-refractivity contribution in [3.8, 4) is 45.2 Å². The van der Waals surface area contributed by atoms with Crippen LogP contribution < -0.4 is 0 Å². The molecule has 0 unspecified atom stereocenters. The first kappa shape index (κ1) is 38.2. The standard InChI is InChI=1S/C46H52N3O.Pt/c1-43(2,3)31-19-21-34(22-20-31)49-39-18-15-16-35(29-24-30(38-17-13-14-23-47-38)26-32(25-29)44(4,5)6)40(39)48-42(49)36-27-33(45(7,8)9)28-37(41(36)50)46(10,11)12;/h13-23,25-28,50H,1-12H3;/q-1;. The Labute approximate surface area is 319 Å². The zero-order valence-corrected chi connectivity index (χ0v) is 34.5. The van der Waals surface area contributed by atoms with Crippen LogP contribution in [0.3, 0.4) is 0 Å². The number of imidazole rings is 1. The van der Waals surface area contributed by atoms with E-state index < -0.39 is 0 Å². The Bertz CT molecular complexity index is 2180. The van der Waals surface area contributed by atoms with Crippen molar-refractivity contribution in [2.75, 3.05) is 0 Å². The molecule has 0 radical (unpaired) electrons. The van der Waals surface area contributed by atoms with Crippen LogP contribution in [0.25, 0.3) is 50.5 Å². The number of rotatable bonds is 4. The Morgan fingerprint density at radius 3 is 1.76 bits per heavy atom. The Morgan fingerprint density at radius 2 is 1.20 bits per heavy atom. The van der Waals surface area contributed by atoms with E-state index >= 15 is 0 Å². The Morgan fingerprint density at radius 1 is 0.588 bits per heavy atom. The van der Waals surface area contributed by atoms with Crippen LogP contribution in [0, 0.1) is 6.07 Å². The first-order valence-electron chi connectivity index (χ1n) is 17.7. The summed E-state index contributed by atoms with van der Waals surface area (Å²) in [6.45, 7) is 26.5. The first-order valence-corrected chi connectivity index (χ1v) is 17.7. The number of hydrogen-bond acceptors (Lipinski definition) is 3. The zero-order valence-electron chi connectivity index (χ0n) is 32.3. The quantitative estimate of drug-likeness (QED) is 0.180. The van der Waals surface area contributed by atoms with Gasteiger partial charge in [-0.2, -0.15) is 0 Å². The third-order valence-electron chi connectivity index (χ3n) is 9.67. The summed E-state index contributed by atoms with van der Waals surface area (Å²) in [6.07, 6.45) is 1.83. The summed E-state index contributed by atoms with van der Waals surface area (Å²) in [5.41, 5.74) is 11.4. The molecule has 0 spiro atoms. The molecule has 4 aromatic carbocycles. The Kier molecular flexibility index (Phi) is 10.1. The second-order valence-corrected chi connectivity index (χ2v) is 17.8. The van der Waals surface area contributed by atoms with E-state index in [9.17, 15) is 5.11 Å². The number of aromatic hydroxyl groups is 1. The second-order valence-electron chi connectivity index (χ2n) is 17.8. The smallest absolute Gasteiger partial charge is 0.148 e. The number of phenolic OH excluding ortho intramolecular Hbond substituents is 1. The van der Waals surface area contributed by atoms with Crippen LogP contribution >= 0.6 is 0 Å². The van der Waals surface area contributed by atoms with E-state index in [1.807, 2.05) is 24.4 Å². The minimum absolute atomic E-state index is 0. The summed E-state index contributed by atoms with van der Waals surface area (Å²) in [5.74, 6) is 0.982. The maximum atomic E-state index is 12.1. The number of pyridine rings is 1. The number of para-hydroxylation sites is 1. The fourth-order valence-electron chi connectivity index (χ4n) is 6.49. The van der Waals surface area contributed by atoms with Gasteiger partial charge in [0, 0.05) is 44.2 Å². The summed E-state index contributed by atoms with van der Waals surface area (Å²) < 4.78 is 2.21. The van der Waals surface area contributed by atoms with E-state index in [2.05, 4.69) is 165 Å². The first-order chi connectivity index (χ1) is 23.2. The van der Waals surface area contributed by atoms with Gasteiger partial charge < -0.3 is 5.11 Å². The van der Waals surface area contributed by atoms with Gasteiger partial charge >= 0.3 is 0 Å². The van der Waals surface area contributed by atoms with E-state index in [0.717, 1.165) is 55.8 Å². The third-order valence-corrected chi connectivity index (χ3v) is 9.67. The molecule has 0 fully saturated rings. The van der Waals surface area contributed by atoms with Crippen LogP contribution in [0.2, 0.25) is 0 Å². The maximum Gasteiger partial charge on any atom is 0.148 e. The van der Waals surface area contributed by atoms with Crippen molar-refractivity contribution in [3.63, 3.8) is 0 Å². The van der Waals surface area contributed by atoms with E-state index in [1.54, 1.807) is 0 Å². The largest absolute Gasteiger partial charge is 0.507 e. The van der Waals surface area contributed by atoms with Crippen LogP contribution in [0.4, 0.5) is 0 Å². The monoisotopic (exact) mass is 857 g/mol. The number of nitrogens with zero attached hydrogens (tertiary/aromatic N) is 3. The van der Waals surface area contributed by atoms with E-state index in [0.29, 0.717) is 5.82 Å². The molecule has 0 aliphatic carbocycles. The van der Waals surface area contributed by atoms with Crippen LogP contribution in [-0.2, 0) is 42.7 Å². The topological polar surface area (TPSA) is 50.9 Å². The molecule has 268 valence electrons. The van der Waals surface area contributed by atoms with E-state index in [-0.39, 0.29) is 48.5 Å². The molecule has 0 atom stereocenters. The van der Waals surface area contributed by atoms with Gasteiger partial charge in [0.15, 0.2) is 0 Å². The summed E-state index contributed by atoms with van der Waals surface area (Å²) >= 11 is 0. The number of fused-ring (bicyclic) bond motifs is 1. The van der Waals surface area contributed by atoms with Gasteiger partial charge in [-0.25, -0.2) is 4.98 Å². The van der Waals surface area contributed by atoms with Gasteiger partial charge in [0.2, 0.25) is 0 Å². The van der Waals surface area contributed by atoms with E-state index in [1.165, 1.54) is 11.1 Å². The average molecular weight is 858 g/mol. The zero-order chi connectivity index (χ0) is 36.4. The van der Waals surface area contributed by atoms with Crippen molar-refractivity contribution >= 4 is 11.0 Å². The molecule has 51 heavy (non-hydrogen) atoms. The van der Waals surface area contributed by atoms with Crippen LogP contribution in [0.5, 0.6) is 5.75 Å². The molecule has 0 saturated carbocycles. The van der Waals surface area contributed by atoms with Gasteiger partial charge in [0.05, 0.1) is 16.6 Å². The Hall–Kier alpha value is -4.01. The van der Waals surface area contributed by atoms with Crippen molar-refractivity contribution in [1.29, 1.82) is 0 Å². The van der Waals surface area contributed by atoms with Gasteiger partial charge in [-0.05, 0) is 63.1 Å². The van der Waals surface area contributed by atoms with Crippen molar-refractivity contribution in [2.45, 2.75) is 105 Å². The third kappa shape index (κ3) is 7.63. The van der Waals surface area contributed by atoms with Crippen molar-refractivity contribution < 1.29 is 26.2 Å². The molecule has 6 rings (SSSR count). The molecule has 2 aromatic heterocycles. The van der Waals surface area contributed by atoms with Gasteiger partial charge in [0.25, 0.3) is 0 Å².